The van der Waals surface area contributed by atoms with Crippen molar-refractivity contribution in [3.05, 3.63) is 64.7 Å². The SMILES string of the molecule is CCN(Cc1ccccc1)C(=O)CN1C(=O)N(c2ccc(C)c(Cl)c2)[C@H]2CS(=O)(=O)C[C@@H]21. The van der Waals surface area contributed by atoms with Gasteiger partial charge in [0.05, 0.1) is 23.6 Å². The summed E-state index contributed by atoms with van der Waals surface area (Å²) in [6.07, 6.45) is 0. The Morgan fingerprint density at radius 1 is 1.12 bits per heavy atom. The van der Waals surface area contributed by atoms with E-state index in [1.165, 1.54) is 9.80 Å². The van der Waals surface area contributed by atoms with Gasteiger partial charge in [-0.3, -0.25) is 9.69 Å². The van der Waals surface area contributed by atoms with E-state index in [2.05, 4.69) is 0 Å². The lowest BCUT2D eigenvalue weighted by molar-refractivity contribution is -0.132. The molecule has 170 valence electrons. The molecule has 4 rings (SSSR count). The number of benzene rings is 2. The zero-order valence-corrected chi connectivity index (χ0v) is 19.6. The minimum atomic E-state index is -3.32. The van der Waals surface area contributed by atoms with Crippen molar-refractivity contribution in [2.75, 3.05) is 29.5 Å². The van der Waals surface area contributed by atoms with Crippen LogP contribution in [0.15, 0.2) is 48.5 Å². The molecule has 3 amide bonds. The molecular formula is C23H26ClN3O4S. The van der Waals surface area contributed by atoms with Gasteiger partial charge < -0.3 is 9.80 Å². The Hall–Kier alpha value is -2.58. The van der Waals surface area contributed by atoms with E-state index < -0.39 is 21.9 Å². The summed E-state index contributed by atoms with van der Waals surface area (Å²) >= 11 is 6.27. The summed E-state index contributed by atoms with van der Waals surface area (Å²) in [5, 5.41) is 0.502. The maximum atomic E-state index is 13.4. The molecule has 32 heavy (non-hydrogen) atoms. The van der Waals surface area contributed by atoms with E-state index >= 15 is 0 Å². The molecule has 0 aromatic heterocycles. The number of urea groups is 1. The number of hydrogen-bond acceptors (Lipinski definition) is 4. The number of halogens is 1. The van der Waals surface area contributed by atoms with Crippen molar-refractivity contribution in [2.24, 2.45) is 0 Å². The molecule has 0 radical (unpaired) electrons. The number of likely N-dealkylation sites (N-methyl/N-ethyl adjacent to an activating group) is 1. The number of carbonyl (C=O) groups excluding carboxylic acids is 2. The predicted molar refractivity (Wildman–Crippen MR) is 125 cm³/mol. The molecule has 0 aliphatic carbocycles. The van der Waals surface area contributed by atoms with Gasteiger partial charge in [0.1, 0.15) is 6.54 Å². The van der Waals surface area contributed by atoms with Gasteiger partial charge in [-0.05, 0) is 37.1 Å². The number of rotatable bonds is 6. The van der Waals surface area contributed by atoms with Crippen molar-refractivity contribution in [2.45, 2.75) is 32.5 Å². The normalized spacial score (nSPS) is 21.7. The number of hydrogen-bond donors (Lipinski definition) is 0. The van der Waals surface area contributed by atoms with Crippen molar-refractivity contribution in [1.82, 2.24) is 9.80 Å². The summed E-state index contributed by atoms with van der Waals surface area (Å²) in [6, 6.07) is 13.4. The van der Waals surface area contributed by atoms with Crippen molar-refractivity contribution in [3.63, 3.8) is 0 Å². The van der Waals surface area contributed by atoms with Crippen LogP contribution in [-0.2, 0) is 21.2 Å². The zero-order chi connectivity index (χ0) is 23.0. The van der Waals surface area contributed by atoms with Crippen molar-refractivity contribution >= 4 is 39.1 Å². The van der Waals surface area contributed by atoms with Gasteiger partial charge in [-0.25, -0.2) is 13.2 Å². The smallest absolute Gasteiger partial charge is 0.325 e. The number of nitrogens with zero attached hydrogens (tertiary/aromatic N) is 3. The first-order chi connectivity index (χ1) is 15.2. The highest BCUT2D eigenvalue weighted by Crippen LogP contribution is 2.36. The number of sulfone groups is 1. The second-order valence-electron chi connectivity index (χ2n) is 8.32. The zero-order valence-electron chi connectivity index (χ0n) is 18.1. The number of carbonyl (C=O) groups is 2. The van der Waals surface area contributed by atoms with Gasteiger partial charge in [0, 0.05) is 23.8 Å². The molecule has 2 aromatic rings. The fourth-order valence-corrected chi connectivity index (χ4v) is 6.55. The summed E-state index contributed by atoms with van der Waals surface area (Å²) in [5.41, 5.74) is 2.40. The first-order valence-corrected chi connectivity index (χ1v) is 12.8. The molecular weight excluding hydrogens is 450 g/mol. The van der Waals surface area contributed by atoms with Gasteiger partial charge in [0.2, 0.25) is 5.91 Å². The average Bonchev–Trinajstić information content (AvgIpc) is 3.19. The molecule has 0 N–H and O–H groups in total. The monoisotopic (exact) mass is 475 g/mol. The highest BCUT2D eigenvalue weighted by molar-refractivity contribution is 7.91. The van der Waals surface area contributed by atoms with Gasteiger partial charge in [-0.15, -0.1) is 0 Å². The lowest BCUT2D eigenvalue weighted by atomic mass is 10.1. The summed E-state index contributed by atoms with van der Waals surface area (Å²) in [5.74, 6) is -0.477. The van der Waals surface area contributed by atoms with E-state index in [0.717, 1.165) is 11.1 Å². The third-order valence-electron chi connectivity index (χ3n) is 6.17. The van der Waals surface area contributed by atoms with E-state index in [1.807, 2.05) is 44.2 Å². The van der Waals surface area contributed by atoms with Gasteiger partial charge in [0.25, 0.3) is 0 Å². The van der Waals surface area contributed by atoms with E-state index in [1.54, 1.807) is 23.1 Å². The Morgan fingerprint density at radius 3 is 2.47 bits per heavy atom. The topological polar surface area (TPSA) is 78.0 Å². The van der Waals surface area contributed by atoms with Crippen molar-refractivity contribution < 1.29 is 18.0 Å². The lowest BCUT2D eigenvalue weighted by Crippen LogP contribution is -2.45. The molecule has 0 unspecified atom stereocenters. The van der Waals surface area contributed by atoms with Crippen LogP contribution in [0.3, 0.4) is 0 Å². The lowest BCUT2D eigenvalue weighted by Gasteiger charge is -2.26. The minimum absolute atomic E-state index is 0.124. The fourth-order valence-electron chi connectivity index (χ4n) is 4.42. The quantitative estimate of drug-likeness (QED) is 0.601. The maximum Gasteiger partial charge on any atom is 0.325 e. The summed E-state index contributed by atoms with van der Waals surface area (Å²) < 4.78 is 24.9. The molecule has 2 heterocycles. The van der Waals surface area contributed by atoms with E-state index in [9.17, 15) is 18.0 Å². The number of aryl methyl sites for hydroxylation is 1. The summed E-state index contributed by atoms with van der Waals surface area (Å²) in [7, 11) is -3.32. The van der Waals surface area contributed by atoms with E-state index in [0.29, 0.717) is 23.8 Å². The number of amides is 3. The predicted octanol–water partition coefficient (Wildman–Crippen LogP) is 3.10. The Labute approximate surface area is 193 Å². The van der Waals surface area contributed by atoms with E-state index in [4.69, 9.17) is 11.6 Å². The maximum absolute atomic E-state index is 13.4. The summed E-state index contributed by atoms with van der Waals surface area (Å²) in [4.78, 5) is 31.1. The van der Waals surface area contributed by atoms with Crippen LogP contribution in [0.2, 0.25) is 5.02 Å². The average molecular weight is 476 g/mol. The second kappa shape index (κ2) is 8.75. The molecule has 2 atom stereocenters. The number of anilines is 1. The van der Waals surface area contributed by atoms with Crippen molar-refractivity contribution in [3.8, 4) is 0 Å². The van der Waals surface area contributed by atoms with Gasteiger partial charge in [-0.2, -0.15) is 0 Å². The van der Waals surface area contributed by atoms with Crippen LogP contribution in [0, 0.1) is 6.92 Å². The molecule has 2 saturated heterocycles. The van der Waals surface area contributed by atoms with Crippen LogP contribution in [0.4, 0.5) is 10.5 Å². The van der Waals surface area contributed by atoms with Gasteiger partial charge >= 0.3 is 6.03 Å². The van der Waals surface area contributed by atoms with Crippen LogP contribution >= 0.6 is 11.6 Å². The molecule has 0 saturated carbocycles. The largest absolute Gasteiger partial charge is 0.337 e. The highest BCUT2D eigenvalue weighted by Gasteiger charge is 2.54. The molecule has 7 nitrogen and oxygen atoms in total. The van der Waals surface area contributed by atoms with Crippen LogP contribution in [0.1, 0.15) is 18.1 Å². The third-order valence-corrected chi connectivity index (χ3v) is 8.27. The molecule has 2 aromatic carbocycles. The van der Waals surface area contributed by atoms with Crippen LogP contribution in [0.25, 0.3) is 0 Å². The Kier molecular flexibility index (Phi) is 6.18. The van der Waals surface area contributed by atoms with Crippen LogP contribution in [-0.4, -0.2) is 66.8 Å². The minimum Gasteiger partial charge on any atom is -0.337 e. The van der Waals surface area contributed by atoms with E-state index in [-0.39, 0.29) is 30.0 Å². The molecule has 0 bridgehead atoms. The third kappa shape index (κ3) is 4.34. The Morgan fingerprint density at radius 2 is 1.81 bits per heavy atom. The fraction of sp³-hybridized carbons (Fsp3) is 0.391. The van der Waals surface area contributed by atoms with Crippen LogP contribution < -0.4 is 4.90 Å². The Balaban J connectivity index is 1.59. The first kappa shape index (κ1) is 22.6. The van der Waals surface area contributed by atoms with Gasteiger partial charge in [-0.1, -0.05) is 48.0 Å². The Bertz CT molecular complexity index is 1140. The molecule has 2 fully saturated rings. The highest BCUT2D eigenvalue weighted by atomic mass is 35.5. The van der Waals surface area contributed by atoms with Gasteiger partial charge in [0.15, 0.2) is 9.84 Å². The number of fused-ring (bicyclic) bond motifs is 1. The van der Waals surface area contributed by atoms with Crippen LogP contribution in [0.5, 0.6) is 0 Å². The molecule has 2 aliphatic rings. The standard InChI is InChI=1S/C23H26ClN3O4S/c1-3-25(12-17-7-5-4-6-8-17)22(28)13-26-20-14-32(30,31)15-21(20)27(23(26)29)18-10-9-16(2)19(24)11-18/h4-11,20-21H,3,12-15H2,1-2H3/t20-,21-/m0/s1. The van der Waals surface area contributed by atoms with Crippen molar-refractivity contribution in [1.29, 1.82) is 0 Å². The first-order valence-electron chi connectivity index (χ1n) is 10.6. The second-order valence-corrected chi connectivity index (χ2v) is 10.9. The molecule has 9 heteroatoms. The molecule has 0 spiro atoms. The molecule has 2 aliphatic heterocycles. The summed E-state index contributed by atoms with van der Waals surface area (Å²) in [6.45, 7) is 4.50.